The molecule has 28 heavy (non-hydrogen) atoms. The number of anilines is 1. The maximum absolute atomic E-state index is 11.6. The van der Waals surface area contributed by atoms with E-state index >= 15 is 0 Å². The number of aliphatic hydroxyl groups is 1. The van der Waals surface area contributed by atoms with Gasteiger partial charge in [-0.3, -0.25) is 4.79 Å². The first kappa shape index (κ1) is 18.0. The van der Waals surface area contributed by atoms with Crippen LogP contribution >= 0.6 is 11.6 Å². The van der Waals surface area contributed by atoms with Crippen LogP contribution in [0, 0.1) is 0 Å². The molecule has 9 heteroatoms. The Hall–Kier alpha value is -3.39. The van der Waals surface area contributed by atoms with Gasteiger partial charge in [-0.15, -0.1) is 5.10 Å². The topological polar surface area (TPSA) is 87.8 Å². The molecule has 142 valence electrons. The molecule has 0 bridgehead atoms. The Morgan fingerprint density at radius 1 is 1.32 bits per heavy atom. The maximum atomic E-state index is 11.6. The summed E-state index contributed by atoms with van der Waals surface area (Å²) >= 11 is 5.91. The van der Waals surface area contributed by atoms with Crippen molar-refractivity contribution in [3.63, 3.8) is 0 Å². The van der Waals surface area contributed by atoms with Gasteiger partial charge in [0.05, 0.1) is 24.1 Å². The number of halogens is 1. The number of aryl methyl sites for hydroxylation is 1. The Morgan fingerprint density at radius 2 is 2.18 bits per heavy atom. The Labute approximate surface area is 165 Å². The van der Waals surface area contributed by atoms with Crippen molar-refractivity contribution in [2.24, 2.45) is 12.0 Å². The number of imidazole rings is 1. The predicted molar refractivity (Wildman–Crippen MR) is 106 cm³/mol. The van der Waals surface area contributed by atoms with Gasteiger partial charge in [0.2, 0.25) is 12.1 Å². The lowest BCUT2D eigenvalue weighted by atomic mass is 10.1. The monoisotopic (exact) mass is 397 g/mol. The highest BCUT2D eigenvalue weighted by atomic mass is 35.5. The molecule has 3 heterocycles. The van der Waals surface area contributed by atoms with Gasteiger partial charge in [0, 0.05) is 12.3 Å². The van der Waals surface area contributed by atoms with Crippen molar-refractivity contribution in [3.05, 3.63) is 66.1 Å². The number of ketones is 1. The van der Waals surface area contributed by atoms with Crippen LogP contribution in [-0.4, -0.2) is 37.3 Å². The van der Waals surface area contributed by atoms with Gasteiger partial charge in [0.1, 0.15) is 36.1 Å². The zero-order valence-electron chi connectivity index (χ0n) is 15.1. The number of pyridine rings is 1. The molecule has 8 nitrogen and oxygen atoms in total. The predicted octanol–water partition coefficient (Wildman–Crippen LogP) is 2.29. The molecule has 2 N–H and O–H groups in total. The fourth-order valence-electron chi connectivity index (χ4n) is 2.89. The van der Waals surface area contributed by atoms with Crippen LogP contribution in [0.4, 0.5) is 11.5 Å². The highest BCUT2D eigenvalue weighted by Crippen LogP contribution is 2.31. The number of rotatable bonds is 5. The SMILES string of the molecule is C[n+]1ccn(CCNc2nn3ccccc3c2/N=C2\C=C(Cl)C(=O)C=C2O)c1. The number of aliphatic hydroxyl groups excluding tert-OH is 1. The van der Waals surface area contributed by atoms with Crippen LogP contribution < -0.4 is 9.88 Å². The molecule has 4 rings (SSSR count). The largest absolute Gasteiger partial charge is 0.506 e. The first-order valence-corrected chi connectivity index (χ1v) is 9.02. The second kappa shape index (κ2) is 7.32. The molecule has 0 radical (unpaired) electrons. The molecule has 1 aliphatic rings. The van der Waals surface area contributed by atoms with Crippen molar-refractivity contribution in [3.8, 4) is 0 Å². The van der Waals surface area contributed by atoms with Gasteiger partial charge in [-0.1, -0.05) is 17.7 Å². The van der Waals surface area contributed by atoms with E-state index in [1.54, 1.807) is 4.52 Å². The molecule has 0 spiro atoms. The van der Waals surface area contributed by atoms with Gasteiger partial charge in [-0.05, 0) is 18.2 Å². The Morgan fingerprint density at radius 3 is 2.96 bits per heavy atom. The van der Waals surface area contributed by atoms with Gasteiger partial charge in [0.15, 0.2) is 5.82 Å². The van der Waals surface area contributed by atoms with Gasteiger partial charge in [0.25, 0.3) is 0 Å². The quantitative estimate of drug-likeness (QED) is 0.510. The summed E-state index contributed by atoms with van der Waals surface area (Å²) in [5.41, 5.74) is 1.53. The molecule has 3 aromatic rings. The van der Waals surface area contributed by atoms with Crippen molar-refractivity contribution >= 4 is 40.1 Å². The Bertz CT molecular complexity index is 1150. The van der Waals surface area contributed by atoms with E-state index in [-0.39, 0.29) is 16.5 Å². The van der Waals surface area contributed by atoms with E-state index in [4.69, 9.17) is 11.6 Å². The molecule has 0 saturated heterocycles. The molecule has 0 unspecified atom stereocenters. The minimum Gasteiger partial charge on any atom is -0.506 e. The number of fused-ring (bicyclic) bond motifs is 1. The average Bonchev–Trinajstić information content (AvgIpc) is 3.23. The summed E-state index contributed by atoms with van der Waals surface area (Å²) in [6, 6.07) is 5.63. The molecule has 1 aliphatic carbocycles. The standard InChI is InChI=1S/C19H17ClN6O2/c1-24-8-9-25(12-24)7-5-21-19-18(15-4-2-3-6-26(15)23-19)22-14-10-13(20)16(27)11-17(14)28/h2-4,6,8-12H,5,7H2,1H3,(H-,21,23,27,28)/p+1/b22-14+. The number of carbonyl (C=O) groups excluding carboxylic acids is 1. The fourth-order valence-corrected chi connectivity index (χ4v) is 3.05. The summed E-state index contributed by atoms with van der Waals surface area (Å²) in [5, 5.41) is 17.9. The van der Waals surface area contributed by atoms with Crippen molar-refractivity contribution < 1.29 is 14.5 Å². The highest BCUT2D eigenvalue weighted by Gasteiger charge is 2.19. The van der Waals surface area contributed by atoms with E-state index in [0.29, 0.717) is 18.1 Å². The molecular formula is C19H18ClN6O2+. The second-order valence-electron chi connectivity index (χ2n) is 6.35. The van der Waals surface area contributed by atoms with Gasteiger partial charge in [-0.25, -0.2) is 18.6 Å². The van der Waals surface area contributed by atoms with Gasteiger partial charge >= 0.3 is 0 Å². The molecule has 0 aromatic carbocycles. The maximum Gasteiger partial charge on any atom is 0.243 e. The molecule has 0 aliphatic heterocycles. The lowest BCUT2D eigenvalue weighted by molar-refractivity contribution is -0.671. The van der Waals surface area contributed by atoms with E-state index in [9.17, 15) is 9.90 Å². The minimum absolute atomic E-state index is 0.00279. The molecule has 0 amide bonds. The van der Waals surface area contributed by atoms with Crippen LogP contribution in [0.5, 0.6) is 0 Å². The molecule has 3 aromatic heterocycles. The summed E-state index contributed by atoms with van der Waals surface area (Å²) in [6.45, 7) is 1.38. The third-order valence-corrected chi connectivity index (χ3v) is 4.56. The van der Waals surface area contributed by atoms with Crippen molar-refractivity contribution in [2.45, 2.75) is 6.54 Å². The minimum atomic E-state index is -0.448. The van der Waals surface area contributed by atoms with E-state index < -0.39 is 5.78 Å². The third kappa shape index (κ3) is 3.54. The summed E-state index contributed by atoms with van der Waals surface area (Å²) in [6.07, 6.45) is 10.2. The number of allylic oxidation sites excluding steroid dienone is 3. The number of aliphatic imine (C=N–C) groups is 1. The first-order chi connectivity index (χ1) is 13.5. The lowest BCUT2D eigenvalue weighted by Crippen LogP contribution is -2.24. The second-order valence-corrected chi connectivity index (χ2v) is 6.76. The number of nitrogens with zero attached hydrogens (tertiary/aromatic N) is 5. The normalized spacial score (nSPS) is 15.8. The van der Waals surface area contributed by atoms with Gasteiger partial charge in [-0.2, -0.15) is 0 Å². The summed E-state index contributed by atoms with van der Waals surface area (Å²) in [5.74, 6) is -0.101. The van der Waals surface area contributed by atoms with Crippen molar-refractivity contribution in [1.82, 2.24) is 14.2 Å². The lowest BCUT2D eigenvalue weighted by Gasteiger charge is -2.08. The van der Waals surface area contributed by atoms with Crippen LogP contribution in [0.15, 0.2) is 71.1 Å². The average molecular weight is 398 g/mol. The molecule has 0 atom stereocenters. The zero-order chi connectivity index (χ0) is 19.7. The van der Waals surface area contributed by atoms with Crippen molar-refractivity contribution in [2.75, 3.05) is 11.9 Å². The summed E-state index contributed by atoms with van der Waals surface area (Å²) < 4.78 is 5.73. The number of nitrogens with one attached hydrogen (secondary N) is 1. The van der Waals surface area contributed by atoms with Crippen LogP contribution in [-0.2, 0) is 18.4 Å². The summed E-state index contributed by atoms with van der Waals surface area (Å²) in [7, 11) is 1.97. The number of hydrogen-bond donors (Lipinski definition) is 2. The Balaban J connectivity index is 1.66. The highest BCUT2D eigenvalue weighted by molar-refractivity contribution is 6.47. The van der Waals surface area contributed by atoms with Crippen LogP contribution in [0.25, 0.3) is 5.52 Å². The number of hydrogen-bond acceptors (Lipinski definition) is 5. The van der Waals surface area contributed by atoms with E-state index in [0.717, 1.165) is 18.1 Å². The third-order valence-electron chi connectivity index (χ3n) is 4.26. The molecule has 0 fully saturated rings. The Kier molecular flexibility index (Phi) is 4.70. The molecule has 0 saturated carbocycles. The smallest absolute Gasteiger partial charge is 0.243 e. The number of aromatic nitrogens is 4. The van der Waals surface area contributed by atoms with Gasteiger partial charge < -0.3 is 10.4 Å². The van der Waals surface area contributed by atoms with E-state index in [1.165, 1.54) is 6.08 Å². The van der Waals surface area contributed by atoms with E-state index in [1.807, 2.05) is 54.7 Å². The first-order valence-electron chi connectivity index (χ1n) is 8.65. The van der Waals surface area contributed by atoms with Crippen LogP contribution in [0.2, 0.25) is 0 Å². The van der Waals surface area contributed by atoms with Crippen molar-refractivity contribution in [1.29, 1.82) is 0 Å². The van der Waals surface area contributed by atoms with Crippen LogP contribution in [0.1, 0.15) is 0 Å². The van der Waals surface area contributed by atoms with Crippen LogP contribution in [0.3, 0.4) is 0 Å². The number of carbonyl (C=O) groups is 1. The van der Waals surface area contributed by atoms with E-state index in [2.05, 4.69) is 20.0 Å². The molecular weight excluding hydrogens is 380 g/mol. The fraction of sp³-hybridized carbons (Fsp3) is 0.158. The zero-order valence-corrected chi connectivity index (χ0v) is 15.8. The summed E-state index contributed by atoms with van der Waals surface area (Å²) in [4.78, 5) is 16.1.